The van der Waals surface area contributed by atoms with Gasteiger partial charge >= 0.3 is 6.16 Å². The third kappa shape index (κ3) is 3.74. The van der Waals surface area contributed by atoms with Crippen molar-refractivity contribution in [1.29, 1.82) is 0 Å². The highest BCUT2D eigenvalue weighted by Crippen LogP contribution is 1.87. The second-order valence-electron chi connectivity index (χ2n) is 0.723. The Kier molecular flexibility index (Phi) is 4.45. The number of ether oxygens (including phenoxy) is 2. The first-order chi connectivity index (χ1) is 3.81. The van der Waals surface area contributed by atoms with Gasteiger partial charge in [-0.15, -0.1) is 0 Å². The van der Waals surface area contributed by atoms with Crippen molar-refractivity contribution >= 4 is 28.7 Å². The van der Waals surface area contributed by atoms with Crippen LogP contribution in [-0.2, 0) is 9.47 Å². The summed E-state index contributed by atoms with van der Waals surface area (Å²) >= 11 is 1.85. The monoisotopic (exact) mass is 226 g/mol. The van der Waals surface area contributed by atoms with Crippen molar-refractivity contribution in [2.24, 2.45) is 0 Å². The average molecular weight is 226 g/mol. The van der Waals surface area contributed by atoms with Crippen LogP contribution in [0.4, 0.5) is 4.79 Å². The fourth-order valence-electron chi connectivity index (χ4n) is 0.122. The first kappa shape index (κ1) is 7.56. The third-order valence-electron chi connectivity index (χ3n) is 0.315. The average Bonchev–Trinajstić information content (AvgIpc) is 1.68. The fourth-order valence-corrected chi connectivity index (χ4v) is 0.376. The van der Waals surface area contributed by atoms with E-state index in [2.05, 4.69) is 15.9 Å². The molecule has 0 fully saturated rings. The molecule has 0 saturated heterocycles. The summed E-state index contributed by atoms with van der Waals surface area (Å²) in [5.74, 6) is 0. The Morgan fingerprint density at radius 2 is 2.50 bits per heavy atom. The molecule has 0 spiro atoms. The molecular weight excluding hydrogens is 223 g/mol. The lowest BCUT2D eigenvalue weighted by Gasteiger charge is -1.92. The second kappa shape index (κ2) is 4.71. The highest BCUT2D eigenvalue weighted by Gasteiger charge is 1.96. The van der Waals surface area contributed by atoms with Crippen LogP contribution >= 0.6 is 22.6 Å². The van der Waals surface area contributed by atoms with Crippen molar-refractivity contribution in [3.8, 4) is 12.5 Å². The summed E-state index contributed by atoms with van der Waals surface area (Å²) < 4.78 is 8.46. The molecule has 0 aromatic heterocycles. The summed E-state index contributed by atoms with van der Waals surface area (Å²) in [5.41, 5.74) is 0. The molecule has 0 radical (unpaired) electrons. The zero-order chi connectivity index (χ0) is 6.41. The van der Waals surface area contributed by atoms with E-state index in [1.807, 2.05) is 22.6 Å². The molecule has 0 N–H and O–H groups in total. The maximum Gasteiger partial charge on any atom is 0.523 e. The topological polar surface area (TPSA) is 35.5 Å². The van der Waals surface area contributed by atoms with Crippen molar-refractivity contribution in [3.05, 3.63) is 0 Å². The van der Waals surface area contributed by atoms with E-state index >= 15 is 0 Å². The smallest absolute Gasteiger partial charge is 0.423 e. The molecule has 4 heteroatoms. The van der Waals surface area contributed by atoms with E-state index in [0.717, 1.165) is 0 Å². The maximum atomic E-state index is 10.1. The van der Waals surface area contributed by atoms with Gasteiger partial charge in [0.2, 0.25) is 0 Å². The molecule has 0 rings (SSSR count). The number of terminal acetylenes is 1. The highest BCUT2D eigenvalue weighted by atomic mass is 127. The predicted octanol–water partition coefficient (Wildman–Crippen LogP) is 1.12. The van der Waals surface area contributed by atoms with Crippen LogP contribution in [-0.4, -0.2) is 10.8 Å². The zero-order valence-electron chi connectivity index (χ0n) is 3.89. The van der Waals surface area contributed by atoms with Gasteiger partial charge in [-0.05, 0) is 22.6 Å². The molecule has 0 aliphatic rings. The molecule has 0 aromatic rings. The lowest BCUT2D eigenvalue weighted by molar-refractivity contribution is 0.110. The Morgan fingerprint density at radius 1 is 1.88 bits per heavy atom. The summed E-state index contributed by atoms with van der Waals surface area (Å²) in [5, 5.41) is 0. The Hall–Kier alpha value is -0.440. The highest BCUT2D eigenvalue weighted by molar-refractivity contribution is 14.1. The van der Waals surface area contributed by atoms with Gasteiger partial charge in [0, 0.05) is 0 Å². The molecule has 0 aromatic carbocycles. The molecule has 0 aliphatic heterocycles. The van der Waals surface area contributed by atoms with Crippen LogP contribution in [0.25, 0.3) is 0 Å². The number of carbonyl (C=O) groups excluding carboxylic acids is 1. The standard InChI is InChI=1S/C4H3IO3/c1-2-7-4(6)8-3-5/h1H,3H2. The van der Waals surface area contributed by atoms with Gasteiger partial charge in [-0.1, -0.05) is 6.42 Å². The van der Waals surface area contributed by atoms with E-state index in [0.29, 0.717) is 0 Å². The van der Waals surface area contributed by atoms with E-state index in [1.165, 1.54) is 0 Å². The van der Waals surface area contributed by atoms with Gasteiger partial charge in [0.25, 0.3) is 0 Å². The number of carbonyl (C=O) groups is 1. The molecule has 3 nitrogen and oxygen atoms in total. The number of hydrogen-bond acceptors (Lipinski definition) is 3. The van der Waals surface area contributed by atoms with Gasteiger partial charge in [-0.3, -0.25) is 0 Å². The predicted molar refractivity (Wildman–Crippen MR) is 35.3 cm³/mol. The van der Waals surface area contributed by atoms with Gasteiger partial charge < -0.3 is 9.47 Å². The Balaban J connectivity index is 3.23. The van der Waals surface area contributed by atoms with Gasteiger partial charge in [-0.25, -0.2) is 4.79 Å². The summed E-state index contributed by atoms with van der Waals surface area (Å²) in [4.78, 5) is 10.1. The Labute approximate surface area is 60.5 Å². The molecule has 0 aliphatic carbocycles. The van der Waals surface area contributed by atoms with Crippen molar-refractivity contribution in [1.82, 2.24) is 0 Å². The van der Waals surface area contributed by atoms with Crippen LogP contribution < -0.4 is 0 Å². The van der Waals surface area contributed by atoms with Crippen LogP contribution in [0, 0.1) is 12.5 Å². The minimum absolute atomic E-state index is 0.248. The van der Waals surface area contributed by atoms with Crippen LogP contribution in [0.3, 0.4) is 0 Å². The SMILES string of the molecule is C#COC(=O)OCI. The molecule has 0 bridgehead atoms. The Bertz CT molecular complexity index is 115. The molecule has 0 atom stereocenters. The van der Waals surface area contributed by atoms with Crippen LogP contribution in [0.15, 0.2) is 0 Å². The van der Waals surface area contributed by atoms with E-state index in [-0.39, 0.29) is 4.61 Å². The number of rotatable bonds is 1. The van der Waals surface area contributed by atoms with Crippen molar-refractivity contribution in [2.45, 2.75) is 0 Å². The van der Waals surface area contributed by atoms with Gasteiger partial charge in [-0.2, -0.15) is 0 Å². The molecular formula is C4H3IO3. The minimum atomic E-state index is -0.832. The lowest BCUT2D eigenvalue weighted by atomic mass is 11.2. The molecule has 0 amide bonds. The third-order valence-corrected chi connectivity index (χ3v) is 0.626. The normalized spacial score (nSPS) is 7.00. The van der Waals surface area contributed by atoms with Crippen LogP contribution in [0.5, 0.6) is 0 Å². The fraction of sp³-hybridized carbons (Fsp3) is 0.250. The van der Waals surface area contributed by atoms with E-state index in [1.54, 1.807) is 6.11 Å². The molecule has 8 heavy (non-hydrogen) atoms. The van der Waals surface area contributed by atoms with Gasteiger partial charge in [0.15, 0.2) is 0 Å². The second-order valence-corrected chi connectivity index (χ2v) is 1.35. The van der Waals surface area contributed by atoms with Crippen molar-refractivity contribution in [2.75, 3.05) is 4.61 Å². The molecule has 0 heterocycles. The maximum absolute atomic E-state index is 10.1. The summed E-state index contributed by atoms with van der Waals surface area (Å²) in [6.45, 7) is 0. The van der Waals surface area contributed by atoms with E-state index in [9.17, 15) is 4.79 Å². The number of alkyl halides is 1. The Morgan fingerprint density at radius 3 is 2.88 bits per heavy atom. The first-order valence-corrected chi connectivity index (χ1v) is 3.19. The van der Waals surface area contributed by atoms with Crippen LogP contribution in [0.2, 0.25) is 0 Å². The first-order valence-electron chi connectivity index (χ1n) is 1.66. The molecule has 0 unspecified atom stereocenters. The van der Waals surface area contributed by atoms with Gasteiger partial charge in [0.05, 0.1) is 0 Å². The minimum Gasteiger partial charge on any atom is -0.423 e. The van der Waals surface area contributed by atoms with Gasteiger partial charge in [0.1, 0.15) is 10.7 Å². The van der Waals surface area contributed by atoms with Crippen LogP contribution in [0.1, 0.15) is 0 Å². The number of halogens is 1. The zero-order valence-corrected chi connectivity index (χ0v) is 6.04. The summed E-state index contributed by atoms with van der Waals surface area (Å²) in [6.07, 6.45) is 5.43. The summed E-state index contributed by atoms with van der Waals surface area (Å²) in [6, 6.07) is 0. The van der Waals surface area contributed by atoms with Crippen molar-refractivity contribution < 1.29 is 14.3 Å². The summed E-state index contributed by atoms with van der Waals surface area (Å²) in [7, 11) is 0. The van der Waals surface area contributed by atoms with E-state index < -0.39 is 6.16 Å². The molecule has 44 valence electrons. The number of hydrogen-bond donors (Lipinski definition) is 0. The van der Waals surface area contributed by atoms with E-state index in [4.69, 9.17) is 0 Å². The van der Waals surface area contributed by atoms with Crippen molar-refractivity contribution in [3.63, 3.8) is 0 Å². The lowest BCUT2D eigenvalue weighted by Crippen LogP contribution is -2.00. The quantitative estimate of drug-likeness (QED) is 0.291. The molecule has 0 saturated carbocycles. The largest absolute Gasteiger partial charge is 0.523 e.